The van der Waals surface area contributed by atoms with Gasteiger partial charge in [-0.05, 0) is 43.5 Å². The van der Waals surface area contributed by atoms with Crippen LogP contribution in [0.5, 0.6) is 0 Å². The zero-order chi connectivity index (χ0) is 23.6. The summed E-state index contributed by atoms with van der Waals surface area (Å²) in [6.45, 7) is 2.49. The summed E-state index contributed by atoms with van der Waals surface area (Å²) in [6.07, 6.45) is 4.83. The molecule has 3 aromatic rings. The standard InChI is InChI=1S/C25H29F2N3O3/c1-2-3-16-33-21(31)13-9-5-8-12-20(29-25(32)17-10-6-4-7-11-17)24-28-19-15-14-18(26)22(27)23(19)30-24/h4,6-7,10-11,14-15,20H,2-3,5,8-9,12-13,16H2,1H3,(H,28,30)(H,29,32)/t20-/m0/s1. The number of imidazole rings is 1. The summed E-state index contributed by atoms with van der Waals surface area (Å²) >= 11 is 0. The monoisotopic (exact) mass is 457 g/mol. The summed E-state index contributed by atoms with van der Waals surface area (Å²) in [5.41, 5.74) is 0.752. The van der Waals surface area contributed by atoms with Gasteiger partial charge in [0.25, 0.3) is 5.91 Å². The number of H-pyrrole nitrogens is 1. The van der Waals surface area contributed by atoms with Gasteiger partial charge in [-0.1, -0.05) is 44.4 Å². The smallest absolute Gasteiger partial charge is 0.305 e. The van der Waals surface area contributed by atoms with Gasteiger partial charge in [-0.3, -0.25) is 9.59 Å². The number of nitrogens with zero attached hydrogens (tertiary/aromatic N) is 1. The highest BCUT2D eigenvalue weighted by atomic mass is 19.2. The SMILES string of the molecule is CCCCOC(=O)CCCCC[C@H](NC(=O)c1ccccc1)c1nc2c(F)c(F)ccc2[nH]1. The summed E-state index contributed by atoms with van der Waals surface area (Å²) in [6, 6.07) is 10.7. The number of rotatable bonds is 12. The first-order valence-electron chi connectivity index (χ1n) is 11.3. The van der Waals surface area contributed by atoms with Crippen molar-refractivity contribution in [1.82, 2.24) is 15.3 Å². The number of hydrogen-bond donors (Lipinski definition) is 2. The normalized spacial score (nSPS) is 12.0. The van der Waals surface area contributed by atoms with E-state index in [1.165, 1.54) is 6.07 Å². The Morgan fingerprint density at radius 1 is 1.06 bits per heavy atom. The second-order valence-electron chi connectivity index (χ2n) is 7.95. The van der Waals surface area contributed by atoms with Crippen LogP contribution in [-0.4, -0.2) is 28.5 Å². The Labute approximate surface area is 191 Å². The Balaban J connectivity index is 1.64. The number of amides is 1. The molecular formula is C25H29F2N3O3. The number of aromatic nitrogens is 2. The van der Waals surface area contributed by atoms with Crippen LogP contribution >= 0.6 is 0 Å². The van der Waals surface area contributed by atoms with E-state index in [2.05, 4.69) is 15.3 Å². The number of fused-ring (bicyclic) bond motifs is 1. The average Bonchev–Trinajstić information content (AvgIpc) is 3.26. The molecule has 3 rings (SSSR count). The number of esters is 1. The van der Waals surface area contributed by atoms with E-state index >= 15 is 0 Å². The number of aromatic amines is 1. The lowest BCUT2D eigenvalue weighted by molar-refractivity contribution is -0.143. The summed E-state index contributed by atoms with van der Waals surface area (Å²) < 4.78 is 32.9. The molecule has 0 radical (unpaired) electrons. The molecule has 176 valence electrons. The predicted octanol–water partition coefficient (Wildman–Crippen LogP) is 5.61. The molecule has 6 nitrogen and oxygen atoms in total. The fourth-order valence-corrected chi connectivity index (χ4v) is 3.51. The number of carbonyl (C=O) groups is 2. The highest BCUT2D eigenvalue weighted by molar-refractivity contribution is 5.94. The van der Waals surface area contributed by atoms with Gasteiger partial charge in [0.05, 0.1) is 18.2 Å². The molecule has 2 N–H and O–H groups in total. The van der Waals surface area contributed by atoms with Crippen molar-refractivity contribution in [1.29, 1.82) is 0 Å². The van der Waals surface area contributed by atoms with E-state index in [4.69, 9.17) is 4.74 Å². The number of halogens is 2. The van der Waals surface area contributed by atoms with Crippen molar-refractivity contribution >= 4 is 22.9 Å². The molecule has 0 bridgehead atoms. The van der Waals surface area contributed by atoms with Crippen LogP contribution in [0.3, 0.4) is 0 Å². The third-order valence-corrected chi connectivity index (χ3v) is 5.37. The van der Waals surface area contributed by atoms with E-state index in [9.17, 15) is 18.4 Å². The second kappa shape index (κ2) is 12.1. The molecule has 1 amide bonds. The second-order valence-corrected chi connectivity index (χ2v) is 7.95. The Morgan fingerprint density at radius 2 is 1.85 bits per heavy atom. The zero-order valence-corrected chi connectivity index (χ0v) is 18.7. The van der Waals surface area contributed by atoms with Gasteiger partial charge in [0.1, 0.15) is 11.3 Å². The molecule has 0 spiro atoms. The quantitative estimate of drug-likeness (QED) is 0.274. The maximum absolute atomic E-state index is 14.2. The van der Waals surface area contributed by atoms with E-state index in [1.54, 1.807) is 24.3 Å². The lowest BCUT2D eigenvalue weighted by atomic mass is 10.1. The number of ether oxygens (including phenoxy) is 1. The third-order valence-electron chi connectivity index (χ3n) is 5.37. The van der Waals surface area contributed by atoms with Gasteiger partial charge in [-0.25, -0.2) is 13.8 Å². The maximum atomic E-state index is 14.2. The molecule has 0 fully saturated rings. The zero-order valence-electron chi connectivity index (χ0n) is 18.7. The molecule has 0 unspecified atom stereocenters. The molecule has 8 heteroatoms. The van der Waals surface area contributed by atoms with Crippen molar-refractivity contribution in [2.24, 2.45) is 0 Å². The van der Waals surface area contributed by atoms with Crippen molar-refractivity contribution < 1.29 is 23.1 Å². The Hall–Kier alpha value is -3.29. The molecule has 0 aliphatic rings. The van der Waals surface area contributed by atoms with Gasteiger partial charge in [0.2, 0.25) is 0 Å². The first kappa shape index (κ1) is 24.4. The van der Waals surface area contributed by atoms with E-state index in [-0.39, 0.29) is 17.4 Å². The topological polar surface area (TPSA) is 84.1 Å². The first-order valence-corrected chi connectivity index (χ1v) is 11.3. The van der Waals surface area contributed by atoms with Crippen molar-refractivity contribution in [3.05, 3.63) is 65.5 Å². The molecule has 0 saturated heterocycles. The van der Waals surface area contributed by atoms with Crippen LogP contribution in [0.4, 0.5) is 8.78 Å². The molecule has 0 aliphatic carbocycles. The molecule has 1 atom stereocenters. The summed E-state index contributed by atoms with van der Waals surface area (Å²) in [7, 11) is 0. The van der Waals surface area contributed by atoms with Crippen LogP contribution in [0.25, 0.3) is 11.0 Å². The van der Waals surface area contributed by atoms with Crippen molar-refractivity contribution in [3.8, 4) is 0 Å². The predicted molar refractivity (Wildman–Crippen MR) is 122 cm³/mol. The minimum Gasteiger partial charge on any atom is -0.466 e. The number of hydrogen-bond acceptors (Lipinski definition) is 4. The van der Waals surface area contributed by atoms with Crippen LogP contribution in [0, 0.1) is 11.6 Å². The van der Waals surface area contributed by atoms with E-state index in [1.807, 2.05) is 13.0 Å². The number of unbranched alkanes of at least 4 members (excludes halogenated alkanes) is 3. The Kier molecular flexibility index (Phi) is 8.92. The number of carbonyl (C=O) groups excluding carboxylic acids is 2. The van der Waals surface area contributed by atoms with Crippen molar-refractivity contribution in [2.75, 3.05) is 6.61 Å². The van der Waals surface area contributed by atoms with Gasteiger partial charge in [-0.15, -0.1) is 0 Å². The van der Waals surface area contributed by atoms with Crippen molar-refractivity contribution in [2.45, 2.75) is 57.9 Å². The largest absolute Gasteiger partial charge is 0.466 e. The van der Waals surface area contributed by atoms with E-state index in [0.717, 1.165) is 25.3 Å². The maximum Gasteiger partial charge on any atom is 0.305 e. The van der Waals surface area contributed by atoms with Crippen LogP contribution < -0.4 is 5.32 Å². The molecule has 2 aromatic carbocycles. The van der Waals surface area contributed by atoms with Crippen LogP contribution in [-0.2, 0) is 9.53 Å². The lowest BCUT2D eigenvalue weighted by Crippen LogP contribution is -2.29. The van der Waals surface area contributed by atoms with Crippen LogP contribution in [0.1, 0.15) is 74.1 Å². The lowest BCUT2D eigenvalue weighted by Gasteiger charge is -2.17. The summed E-state index contributed by atoms with van der Waals surface area (Å²) in [4.78, 5) is 31.7. The van der Waals surface area contributed by atoms with Crippen molar-refractivity contribution in [3.63, 3.8) is 0 Å². The summed E-state index contributed by atoms with van der Waals surface area (Å²) in [5, 5.41) is 2.94. The minimum absolute atomic E-state index is 0.0983. The first-order chi connectivity index (χ1) is 16.0. The number of benzene rings is 2. The molecule has 0 saturated carbocycles. The fraction of sp³-hybridized carbons (Fsp3) is 0.400. The van der Waals surface area contributed by atoms with Gasteiger partial charge in [0.15, 0.2) is 11.6 Å². The third kappa shape index (κ3) is 6.84. The van der Waals surface area contributed by atoms with Gasteiger partial charge >= 0.3 is 5.97 Å². The van der Waals surface area contributed by atoms with Crippen LogP contribution in [0.2, 0.25) is 0 Å². The van der Waals surface area contributed by atoms with Crippen LogP contribution in [0.15, 0.2) is 42.5 Å². The molecule has 1 aromatic heterocycles. The highest BCUT2D eigenvalue weighted by Crippen LogP contribution is 2.24. The molecule has 33 heavy (non-hydrogen) atoms. The summed E-state index contributed by atoms with van der Waals surface area (Å²) in [5.74, 6) is -2.13. The Bertz CT molecular complexity index is 1070. The highest BCUT2D eigenvalue weighted by Gasteiger charge is 2.21. The number of nitrogens with one attached hydrogen (secondary N) is 2. The van der Waals surface area contributed by atoms with Gasteiger partial charge < -0.3 is 15.0 Å². The van der Waals surface area contributed by atoms with E-state index < -0.39 is 17.7 Å². The van der Waals surface area contributed by atoms with Gasteiger partial charge in [0, 0.05) is 12.0 Å². The molecule has 1 heterocycles. The minimum atomic E-state index is -1.02. The fourth-order valence-electron chi connectivity index (χ4n) is 3.51. The average molecular weight is 458 g/mol. The van der Waals surface area contributed by atoms with Gasteiger partial charge in [-0.2, -0.15) is 0 Å². The molecular weight excluding hydrogens is 428 g/mol. The Morgan fingerprint density at radius 3 is 2.61 bits per heavy atom. The van der Waals surface area contributed by atoms with E-state index in [0.29, 0.717) is 49.2 Å². The molecule has 0 aliphatic heterocycles.